The van der Waals surface area contributed by atoms with E-state index in [1.165, 1.54) is 6.07 Å². The number of aryl methyl sites for hydroxylation is 1. The Bertz CT molecular complexity index is 1720. The van der Waals surface area contributed by atoms with Crippen molar-refractivity contribution in [2.45, 2.75) is 38.8 Å². The number of hydrogen-bond acceptors (Lipinski definition) is 11. The number of ether oxygens (including phenoxy) is 3. The lowest BCUT2D eigenvalue weighted by Gasteiger charge is -2.19. The quantitative estimate of drug-likeness (QED) is 0.140. The van der Waals surface area contributed by atoms with Gasteiger partial charge in [0.05, 0.1) is 27.1 Å². The number of anilines is 1. The summed E-state index contributed by atoms with van der Waals surface area (Å²) in [6.45, 7) is 3.91. The van der Waals surface area contributed by atoms with E-state index >= 15 is 0 Å². The fourth-order valence-electron chi connectivity index (χ4n) is 5.00. The summed E-state index contributed by atoms with van der Waals surface area (Å²) in [4.78, 5) is 24.1. The fourth-order valence-corrected chi connectivity index (χ4v) is 6.47. The minimum atomic E-state index is -0.990. The predicted octanol–water partition coefficient (Wildman–Crippen LogP) is 4.65. The number of nitrogens with zero attached hydrogens (tertiary/aromatic N) is 5. The largest absolute Gasteiger partial charge is 0.454 e. The Morgan fingerprint density at radius 3 is 2.62 bits per heavy atom. The molecule has 42 heavy (non-hydrogen) atoms. The van der Waals surface area contributed by atoms with E-state index in [-0.39, 0.29) is 36.0 Å². The van der Waals surface area contributed by atoms with Gasteiger partial charge in [-0.25, -0.2) is 4.79 Å². The van der Waals surface area contributed by atoms with E-state index in [9.17, 15) is 14.9 Å². The van der Waals surface area contributed by atoms with Gasteiger partial charge in [-0.15, -0.1) is 0 Å². The number of carbonyl (C=O) groups excluding carboxylic acids is 1. The molecule has 214 valence electrons. The van der Waals surface area contributed by atoms with Gasteiger partial charge in [0, 0.05) is 22.8 Å². The van der Waals surface area contributed by atoms with Crippen molar-refractivity contribution < 1.29 is 23.9 Å². The van der Waals surface area contributed by atoms with Crippen molar-refractivity contribution in [1.29, 1.82) is 0 Å². The van der Waals surface area contributed by atoms with Gasteiger partial charge in [-0.1, -0.05) is 40.5 Å². The predicted molar refractivity (Wildman–Crippen MR) is 156 cm³/mol. The number of esters is 1. The van der Waals surface area contributed by atoms with Crippen molar-refractivity contribution in [1.82, 2.24) is 10.2 Å². The van der Waals surface area contributed by atoms with E-state index in [0.717, 1.165) is 16.7 Å². The third kappa shape index (κ3) is 5.03. The van der Waals surface area contributed by atoms with Crippen molar-refractivity contribution >= 4 is 33.0 Å². The summed E-state index contributed by atoms with van der Waals surface area (Å²) in [7, 11) is -0.990. The van der Waals surface area contributed by atoms with Crippen molar-refractivity contribution in [3.05, 3.63) is 104 Å². The van der Waals surface area contributed by atoms with Crippen molar-refractivity contribution in [3.63, 3.8) is 0 Å². The molecule has 3 aromatic carbocycles. The molecule has 2 aliphatic heterocycles. The molecule has 2 atom stereocenters. The molecule has 12 nitrogen and oxygen atoms in total. The second-order valence-corrected chi connectivity index (χ2v) is 11.7. The van der Waals surface area contributed by atoms with Gasteiger partial charge in [-0.05, 0) is 55.7 Å². The van der Waals surface area contributed by atoms with Crippen LogP contribution in [0.15, 0.2) is 65.8 Å². The molecule has 0 amide bonds. The first-order valence-electron chi connectivity index (χ1n) is 13.2. The average Bonchev–Trinajstić information content (AvgIpc) is 3.60. The standard InChI is InChI=1S/C29H27N6O6S/c1-17-10-20(8-9-23(17)35(37)38)26-22-13-25-24(40-16-41-25)12-21(22)11-18(2)34(33-26)29-32-31-27(42(29)15-30)28(36)39-14-19-6-4-3-5-7-19/h3-10,12-13,18H,11,14-16,30H2,1-2H3/q+1/t18-,42?/m1/s1. The van der Waals surface area contributed by atoms with Gasteiger partial charge in [0.15, 0.2) is 17.4 Å². The van der Waals surface area contributed by atoms with Crippen LogP contribution in [0, 0.1) is 17.0 Å². The molecule has 2 aliphatic rings. The van der Waals surface area contributed by atoms with E-state index in [1.807, 2.05) is 49.4 Å². The monoisotopic (exact) mass is 587 g/mol. The summed E-state index contributed by atoms with van der Waals surface area (Å²) in [6, 6.07) is 17.9. The number of nitro benzene ring substituents is 1. The number of nitrogens with two attached hydrogens (primary N) is 1. The second kappa shape index (κ2) is 11.2. The maximum atomic E-state index is 13.1. The van der Waals surface area contributed by atoms with Crippen LogP contribution in [0.25, 0.3) is 0 Å². The number of rotatable bonds is 7. The van der Waals surface area contributed by atoms with Crippen LogP contribution in [0.1, 0.15) is 44.5 Å². The number of hydrazone groups is 1. The van der Waals surface area contributed by atoms with Crippen LogP contribution in [-0.4, -0.2) is 39.6 Å². The first kappa shape index (κ1) is 27.3. The minimum Gasteiger partial charge on any atom is -0.454 e. The second-order valence-electron chi connectivity index (χ2n) is 9.87. The van der Waals surface area contributed by atoms with Crippen LogP contribution in [0.2, 0.25) is 0 Å². The molecule has 0 bridgehead atoms. The zero-order valence-corrected chi connectivity index (χ0v) is 23.7. The number of hydrogen-bond donors (Lipinski definition) is 1. The lowest BCUT2D eigenvalue weighted by Crippen LogP contribution is -2.30. The molecule has 1 unspecified atom stereocenters. The van der Waals surface area contributed by atoms with Gasteiger partial charge in [0.25, 0.3) is 5.69 Å². The van der Waals surface area contributed by atoms with Gasteiger partial charge < -0.3 is 14.2 Å². The highest BCUT2D eigenvalue weighted by atomic mass is 32.2. The number of nitro groups is 1. The van der Waals surface area contributed by atoms with Crippen molar-refractivity contribution in [2.75, 3.05) is 11.8 Å². The van der Waals surface area contributed by atoms with E-state index in [0.29, 0.717) is 39.9 Å². The normalized spacial score (nSPS) is 16.0. The Morgan fingerprint density at radius 1 is 1.14 bits per heavy atom. The Balaban J connectivity index is 1.42. The average molecular weight is 588 g/mol. The highest BCUT2D eigenvalue weighted by molar-refractivity contribution is 7.35. The maximum absolute atomic E-state index is 13.1. The molecular formula is C29H27N6O6S+. The minimum absolute atomic E-state index is 0.0148. The summed E-state index contributed by atoms with van der Waals surface area (Å²) < 4.78 is 16.8. The maximum Gasteiger partial charge on any atom is 0.414 e. The smallest absolute Gasteiger partial charge is 0.414 e. The molecule has 0 spiro atoms. The molecule has 0 saturated heterocycles. The molecule has 4 aromatic rings. The van der Waals surface area contributed by atoms with Gasteiger partial charge in [-0.2, -0.15) is 10.1 Å². The summed E-state index contributed by atoms with van der Waals surface area (Å²) in [6.07, 6.45) is 0.555. The zero-order valence-electron chi connectivity index (χ0n) is 22.9. The lowest BCUT2D eigenvalue weighted by molar-refractivity contribution is -0.385. The van der Waals surface area contributed by atoms with Crippen molar-refractivity contribution in [3.8, 4) is 11.5 Å². The molecule has 0 saturated carbocycles. The Labute approximate surface area is 243 Å². The Kier molecular flexibility index (Phi) is 7.27. The Hall–Kier alpha value is -4.88. The molecule has 0 radical (unpaired) electrons. The van der Waals surface area contributed by atoms with Crippen LogP contribution in [0.5, 0.6) is 11.5 Å². The summed E-state index contributed by atoms with van der Waals surface area (Å²) in [5.74, 6) is 0.734. The van der Waals surface area contributed by atoms with E-state index in [2.05, 4.69) is 10.2 Å². The number of aromatic nitrogens is 2. The van der Waals surface area contributed by atoms with Crippen LogP contribution in [0.4, 0.5) is 10.8 Å². The molecule has 0 aliphatic carbocycles. The third-order valence-electron chi connectivity index (χ3n) is 7.09. The van der Waals surface area contributed by atoms with Gasteiger partial charge in [0.1, 0.15) is 6.61 Å². The van der Waals surface area contributed by atoms with Crippen LogP contribution in [0.3, 0.4) is 0 Å². The SMILES string of the molecule is Cc1cc(C2=NN(c3nnc(C(=O)OCc4ccccc4)[s+]3CN)[C@H](C)Cc3cc4c(cc32)OCO4)ccc1[N+](=O)[O-]. The summed E-state index contributed by atoms with van der Waals surface area (Å²) in [5, 5.41) is 27.5. The molecule has 13 heteroatoms. The van der Waals surface area contributed by atoms with Gasteiger partial charge in [-0.3, -0.25) is 15.8 Å². The molecule has 0 fully saturated rings. The third-order valence-corrected chi connectivity index (χ3v) is 8.85. The van der Waals surface area contributed by atoms with Crippen LogP contribution < -0.4 is 20.2 Å². The molecule has 3 heterocycles. The molecule has 1 aromatic heterocycles. The number of fused-ring (bicyclic) bond motifs is 2. The highest BCUT2D eigenvalue weighted by Gasteiger charge is 2.38. The fraction of sp³-hybridized carbons (Fsp3) is 0.241. The molecule has 2 N–H and O–H groups in total. The van der Waals surface area contributed by atoms with Crippen LogP contribution in [-0.2, 0) is 23.6 Å². The van der Waals surface area contributed by atoms with Gasteiger partial charge in [0.2, 0.25) is 6.79 Å². The van der Waals surface area contributed by atoms with Gasteiger partial charge >= 0.3 is 16.1 Å². The lowest BCUT2D eigenvalue weighted by atomic mass is 9.93. The number of carbonyl (C=O) groups is 1. The highest BCUT2D eigenvalue weighted by Crippen LogP contribution is 2.41. The summed E-state index contributed by atoms with van der Waals surface area (Å²) >= 11 is 0. The van der Waals surface area contributed by atoms with E-state index in [1.54, 1.807) is 24.1 Å². The van der Waals surface area contributed by atoms with Crippen LogP contribution >= 0.6 is 10.5 Å². The Morgan fingerprint density at radius 2 is 1.90 bits per heavy atom. The number of benzene rings is 3. The topological polar surface area (TPSA) is 155 Å². The zero-order chi connectivity index (χ0) is 29.4. The van der Waals surface area contributed by atoms with E-state index in [4.69, 9.17) is 25.0 Å². The summed E-state index contributed by atoms with van der Waals surface area (Å²) in [5.41, 5.74) is 10.5. The van der Waals surface area contributed by atoms with Crippen molar-refractivity contribution in [2.24, 2.45) is 10.8 Å². The molecular weight excluding hydrogens is 560 g/mol. The first-order valence-corrected chi connectivity index (χ1v) is 14.6. The van der Waals surface area contributed by atoms with E-state index < -0.39 is 21.4 Å². The molecule has 6 rings (SSSR count). The first-order chi connectivity index (χ1) is 20.3.